The summed E-state index contributed by atoms with van der Waals surface area (Å²) in [6.45, 7) is 0. The largest absolute Gasteiger partial charge is 0.378 e. The summed E-state index contributed by atoms with van der Waals surface area (Å²) in [7, 11) is 0. The van der Waals surface area contributed by atoms with Gasteiger partial charge in [0.15, 0.2) is 0 Å². The van der Waals surface area contributed by atoms with E-state index in [0.29, 0.717) is 5.69 Å². The van der Waals surface area contributed by atoms with Gasteiger partial charge in [0.25, 0.3) is 0 Å². The monoisotopic (exact) mass is 221 g/mol. The Morgan fingerprint density at radius 1 is 1.40 bits per heavy atom. The van der Waals surface area contributed by atoms with Gasteiger partial charge in [-0.1, -0.05) is 6.07 Å². The molecule has 0 saturated heterocycles. The molecule has 6 heteroatoms. The fourth-order valence-corrected chi connectivity index (χ4v) is 1.88. The van der Waals surface area contributed by atoms with Gasteiger partial charge in [-0.05, 0) is 17.5 Å². The first-order chi connectivity index (χ1) is 7.18. The van der Waals surface area contributed by atoms with Crippen LogP contribution >= 0.6 is 11.3 Å². The lowest BCUT2D eigenvalue weighted by molar-refractivity contribution is -0.384. The summed E-state index contributed by atoms with van der Waals surface area (Å²) < 4.78 is 0. The van der Waals surface area contributed by atoms with Crippen molar-refractivity contribution in [3.05, 3.63) is 39.8 Å². The second-order valence-electron chi connectivity index (χ2n) is 2.84. The maximum Gasteiger partial charge on any atom is 0.311 e. The molecule has 2 rings (SSSR count). The predicted molar refractivity (Wildman–Crippen MR) is 58.6 cm³/mol. The molecule has 2 aromatic heterocycles. The average Bonchev–Trinajstić information content (AvgIpc) is 2.69. The number of pyridine rings is 1. The lowest BCUT2D eigenvalue weighted by atomic mass is 10.3. The summed E-state index contributed by atoms with van der Waals surface area (Å²) >= 11 is 1.51. The summed E-state index contributed by atoms with van der Waals surface area (Å²) in [5.74, 6) is -0.0501. The molecule has 15 heavy (non-hydrogen) atoms. The maximum absolute atomic E-state index is 10.5. The van der Waals surface area contributed by atoms with Crippen molar-refractivity contribution in [2.24, 2.45) is 0 Å². The topological polar surface area (TPSA) is 82.0 Å². The molecule has 0 unspecified atom stereocenters. The molecule has 0 aliphatic rings. The Hall–Kier alpha value is -1.95. The lowest BCUT2D eigenvalue weighted by Crippen LogP contribution is -1.98. The number of hydrogen-bond donors (Lipinski definition) is 1. The average molecular weight is 221 g/mol. The quantitative estimate of drug-likeness (QED) is 0.623. The van der Waals surface area contributed by atoms with Gasteiger partial charge >= 0.3 is 5.69 Å². The zero-order valence-electron chi connectivity index (χ0n) is 7.58. The molecule has 0 aliphatic heterocycles. The maximum atomic E-state index is 10.5. The Balaban J connectivity index is 2.47. The second kappa shape index (κ2) is 3.66. The third-order valence-corrected chi connectivity index (χ3v) is 2.77. The third kappa shape index (κ3) is 1.79. The molecule has 0 radical (unpaired) electrons. The van der Waals surface area contributed by atoms with Gasteiger partial charge in [0.05, 0.1) is 15.5 Å². The van der Waals surface area contributed by atoms with E-state index < -0.39 is 4.92 Å². The molecule has 0 amide bonds. The highest BCUT2D eigenvalue weighted by Gasteiger charge is 2.13. The van der Waals surface area contributed by atoms with Crippen LogP contribution < -0.4 is 5.73 Å². The molecule has 76 valence electrons. The van der Waals surface area contributed by atoms with Gasteiger partial charge in [-0.15, -0.1) is 11.3 Å². The third-order valence-electron chi connectivity index (χ3n) is 1.87. The fraction of sp³-hybridized carbons (Fsp3) is 0. The van der Waals surface area contributed by atoms with Crippen molar-refractivity contribution in [2.75, 3.05) is 5.73 Å². The number of nitrogen functional groups attached to an aromatic ring is 1. The molecule has 0 fully saturated rings. The first-order valence-corrected chi connectivity index (χ1v) is 5.01. The summed E-state index contributed by atoms with van der Waals surface area (Å²) in [6, 6.07) is 6.75. The van der Waals surface area contributed by atoms with Crippen molar-refractivity contribution >= 4 is 22.8 Å². The Morgan fingerprint density at radius 3 is 2.73 bits per heavy atom. The number of thiophene rings is 1. The van der Waals surface area contributed by atoms with E-state index in [1.807, 2.05) is 17.5 Å². The molecule has 0 bridgehead atoms. The van der Waals surface area contributed by atoms with E-state index in [1.54, 1.807) is 6.07 Å². The van der Waals surface area contributed by atoms with Gasteiger partial charge in [-0.3, -0.25) is 10.1 Å². The minimum atomic E-state index is -0.541. The molecule has 2 aromatic rings. The Morgan fingerprint density at radius 2 is 2.20 bits per heavy atom. The molecule has 2 N–H and O–H groups in total. The van der Waals surface area contributed by atoms with E-state index >= 15 is 0 Å². The number of nitrogens with two attached hydrogens (primary N) is 1. The lowest BCUT2D eigenvalue weighted by Gasteiger charge is -1.99. The molecule has 0 aromatic carbocycles. The van der Waals surface area contributed by atoms with Crippen molar-refractivity contribution in [2.45, 2.75) is 0 Å². The predicted octanol–water partition coefficient (Wildman–Crippen LogP) is 2.30. The molecular formula is C9H7N3O2S. The SMILES string of the molecule is Nc1nc(-c2cccs2)ccc1[N+](=O)[O-]. The van der Waals surface area contributed by atoms with E-state index in [9.17, 15) is 10.1 Å². The summed E-state index contributed by atoms with van der Waals surface area (Å²) in [6.07, 6.45) is 0. The normalized spacial score (nSPS) is 10.1. The molecule has 0 saturated carbocycles. The minimum Gasteiger partial charge on any atom is -0.378 e. The van der Waals surface area contributed by atoms with Crippen LogP contribution in [0.5, 0.6) is 0 Å². The number of rotatable bonds is 2. The van der Waals surface area contributed by atoms with Crippen LogP contribution in [0.3, 0.4) is 0 Å². The molecule has 2 heterocycles. The highest BCUT2D eigenvalue weighted by molar-refractivity contribution is 7.13. The van der Waals surface area contributed by atoms with Gasteiger partial charge in [0.2, 0.25) is 5.82 Å². The summed E-state index contributed by atoms with van der Waals surface area (Å²) in [5, 5.41) is 12.4. The van der Waals surface area contributed by atoms with Crippen LogP contribution in [0.4, 0.5) is 11.5 Å². The first-order valence-electron chi connectivity index (χ1n) is 4.13. The molecule has 0 aliphatic carbocycles. The molecule has 0 spiro atoms. The Labute approximate surface area is 89.3 Å². The van der Waals surface area contributed by atoms with E-state index in [4.69, 9.17) is 5.73 Å². The van der Waals surface area contributed by atoms with Crippen LogP contribution in [0.2, 0.25) is 0 Å². The standard InChI is InChI=1S/C9H7N3O2S/c10-9-7(12(13)14)4-3-6(11-9)8-2-1-5-15-8/h1-5H,(H2,10,11). The van der Waals surface area contributed by atoms with E-state index in [2.05, 4.69) is 4.98 Å². The van der Waals surface area contributed by atoms with E-state index in [-0.39, 0.29) is 11.5 Å². The Bertz CT molecular complexity index is 496. The fourth-order valence-electron chi connectivity index (χ4n) is 1.18. The summed E-state index contributed by atoms with van der Waals surface area (Å²) in [5.41, 5.74) is 5.98. The highest BCUT2D eigenvalue weighted by Crippen LogP contribution is 2.27. The van der Waals surface area contributed by atoms with Crippen LogP contribution in [0.15, 0.2) is 29.6 Å². The van der Waals surface area contributed by atoms with E-state index in [1.165, 1.54) is 17.4 Å². The second-order valence-corrected chi connectivity index (χ2v) is 3.78. The molecular weight excluding hydrogens is 214 g/mol. The number of nitrogens with zero attached hydrogens (tertiary/aromatic N) is 2. The number of aromatic nitrogens is 1. The van der Waals surface area contributed by atoms with Gasteiger partial charge in [0, 0.05) is 6.07 Å². The van der Waals surface area contributed by atoms with Crippen molar-refractivity contribution in [1.82, 2.24) is 4.98 Å². The zero-order chi connectivity index (χ0) is 10.8. The number of nitro groups is 1. The van der Waals surface area contributed by atoms with Gasteiger partial charge in [-0.2, -0.15) is 0 Å². The van der Waals surface area contributed by atoms with Gasteiger partial charge in [0.1, 0.15) is 0 Å². The Kier molecular flexibility index (Phi) is 2.34. The number of anilines is 1. The summed E-state index contributed by atoms with van der Waals surface area (Å²) in [4.78, 5) is 14.9. The minimum absolute atomic E-state index is 0.0501. The molecule has 5 nitrogen and oxygen atoms in total. The van der Waals surface area contributed by atoms with Crippen LogP contribution in [0.25, 0.3) is 10.6 Å². The van der Waals surface area contributed by atoms with Crippen molar-refractivity contribution in [1.29, 1.82) is 0 Å². The highest BCUT2D eigenvalue weighted by atomic mass is 32.1. The van der Waals surface area contributed by atoms with Gasteiger partial charge < -0.3 is 5.73 Å². The van der Waals surface area contributed by atoms with Gasteiger partial charge in [-0.25, -0.2) is 4.98 Å². The van der Waals surface area contributed by atoms with Crippen molar-refractivity contribution in [3.8, 4) is 10.6 Å². The van der Waals surface area contributed by atoms with E-state index in [0.717, 1.165) is 4.88 Å². The number of hydrogen-bond acceptors (Lipinski definition) is 5. The zero-order valence-corrected chi connectivity index (χ0v) is 8.40. The van der Waals surface area contributed by atoms with Crippen LogP contribution in [-0.4, -0.2) is 9.91 Å². The van der Waals surface area contributed by atoms with Crippen LogP contribution in [0.1, 0.15) is 0 Å². The first kappa shape index (κ1) is 9.60. The molecule has 0 atom stereocenters. The van der Waals surface area contributed by atoms with Crippen LogP contribution in [0, 0.1) is 10.1 Å². The van der Waals surface area contributed by atoms with Crippen LogP contribution in [-0.2, 0) is 0 Å². The van der Waals surface area contributed by atoms with Crippen molar-refractivity contribution in [3.63, 3.8) is 0 Å². The smallest absolute Gasteiger partial charge is 0.311 e. The van der Waals surface area contributed by atoms with Crippen molar-refractivity contribution < 1.29 is 4.92 Å².